The molecular formula is C15H24F6O3. The van der Waals surface area contributed by atoms with E-state index in [-0.39, 0.29) is 12.3 Å². The molecule has 0 radical (unpaired) electrons. The summed E-state index contributed by atoms with van der Waals surface area (Å²) in [5.74, 6) is -4.66. The Morgan fingerprint density at radius 1 is 1.08 bits per heavy atom. The normalized spacial score (nSPS) is 26.4. The summed E-state index contributed by atoms with van der Waals surface area (Å²) in [4.78, 5) is 0. The number of rotatable bonds is 6. The van der Waals surface area contributed by atoms with Gasteiger partial charge in [-0.05, 0) is 45.4 Å². The van der Waals surface area contributed by atoms with E-state index in [0.29, 0.717) is 19.3 Å². The average Bonchev–Trinajstić information content (AvgIpc) is 2.68. The fourth-order valence-corrected chi connectivity index (χ4v) is 2.80. The monoisotopic (exact) mass is 366 g/mol. The summed E-state index contributed by atoms with van der Waals surface area (Å²) in [5.41, 5.74) is -1.74. The van der Waals surface area contributed by atoms with E-state index in [1.54, 1.807) is 13.8 Å². The quantitative estimate of drug-likeness (QED) is 0.700. The Balaban J connectivity index is 2.87. The van der Waals surface area contributed by atoms with Gasteiger partial charge in [0.25, 0.3) is 0 Å². The molecule has 24 heavy (non-hydrogen) atoms. The van der Waals surface area contributed by atoms with Crippen LogP contribution in [0.1, 0.15) is 53.4 Å². The third-order valence-corrected chi connectivity index (χ3v) is 4.30. The van der Waals surface area contributed by atoms with Gasteiger partial charge in [0, 0.05) is 0 Å². The first-order valence-corrected chi connectivity index (χ1v) is 7.85. The maximum atomic E-state index is 13.0. The van der Waals surface area contributed by atoms with Gasteiger partial charge in [0.2, 0.25) is 0 Å². The number of aliphatic hydroxyl groups is 1. The topological polar surface area (TPSA) is 38.7 Å². The van der Waals surface area contributed by atoms with Crippen LogP contribution in [0.3, 0.4) is 0 Å². The van der Waals surface area contributed by atoms with Gasteiger partial charge in [-0.1, -0.05) is 13.8 Å². The van der Waals surface area contributed by atoms with Crippen LogP contribution in [-0.4, -0.2) is 41.1 Å². The van der Waals surface area contributed by atoms with E-state index in [2.05, 4.69) is 9.47 Å². The molecule has 1 rings (SSSR count). The van der Waals surface area contributed by atoms with Crippen LogP contribution >= 0.6 is 0 Å². The molecule has 3 atom stereocenters. The maximum Gasteiger partial charge on any atom is 0.453 e. The van der Waals surface area contributed by atoms with Gasteiger partial charge in [-0.3, -0.25) is 0 Å². The Hall–Kier alpha value is -0.540. The molecule has 0 saturated carbocycles. The standard InChI is InChI=1S/C15H24F6O3/c1-5-10(22)8-9(2)6-7-11-12(3,4)24-13(23-11,14(16,17)18)15(19,20)21/h9-11,22H,5-8H2,1-4H3. The molecule has 0 amide bonds. The molecule has 3 nitrogen and oxygen atoms in total. The molecule has 3 unspecified atom stereocenters. The molecule has 0 aromatic heterocycles. The smallest absolute Gasteiger partial charge is 0.393 e. The minimum atomic E-state index is -5.73. The van der Waals surface area contributed by atoms with Gasteiger partial charge in [-0.25, -0.2) is 0 Å². The third-order valence-electron chi connectivity index (χ3n) is 4.30. The van der Waals surface area contributed by atoms with Gasteiger partial charge in [-0.15, -0.1) is 0 Å². The highest BCUT2D eigenvalue weighted by Crippen LogP contribution is 2.54. The molecule has 0 spiro atoms. The van der Waals surface area contributed by atoms with Crippen LogP contribution < -0.4 is 0 Å². The summed E-state index contributed by atoms with van der Waals surface area (Å²) >= 11 is 0. The lowest BCUT2D eigenvalue weighted by molar-refractivity contribution is -0.449. The highest BCUT2D eigenvalue weighted by molar-refractivity contribution is 5.00. The van der Waals surface area contributed by atoms with Crippen LogP contribution in [0.5, 0.6) is 0 Å². The zero-order valence-electron chi connectivity index (χ0n) is 14.1. The number of aliphatic hydroxyl groups excluding tert-OH is 1. The maximum absolute atomic E-state index is 13.0. The number of halogens is 6. The first-order chi connectivity index (χ1) is 10.7. The molecule has 1 heterocycles. The number of alkyl halides is 6. The van der Waals surface area contributed by atoms with Crippen molar-refractivity contribution in [3.63, 3.8) is 0 Å². The van der Waals surface area contributed by atoms with Crippen molar-refractivity contribution in [3.05, 3.63) is 0 Å². The predicted octanol–water partition coefficient (Wildman–Crippen LogP) is 4.58. The lowest BCUT2D eigenvalue weighted by Crippen LogP contribution is -2.58. The third kappa shape index (κ3) is 4.35. The fraction of sp³-hybridized carbons (Fsp3) is 1.00. The van der Waals surface area contributed by atoms with E-state index in [0.717, 1.165) is 13.8 Å². The summed E-state index contributed by atoms with van der Waals surface area (Å²) in [6, 6.07) is 0. The zero-order valence-corrected chi connectivity index (χ0v) is 14.1. The molecule has 0 aromatic rings. The number of hydrogen-bond acceptors (Lipinski definition) is 3. The fourth-order valence-electron chi connectivity index (χ4n) is 2.80. The predicted molar refractivity (Wildman–Crippen MR) is 74.2 cm³/mol. The summed E-state index contributed by atoms with van der Waals surface area (Å²) in [6.07, 6.45) is -12.1. The van der Waals surface area contributed by atoms with Crippen LogP contribution in [0.2, 0.25) is 0 Å². The van der Waals surface area contributed by atoms with Gasteiger partial charge >= 0.3 is 18.1 Å². The second-order valence-corrected chi connectivity index (χ2v) is 6.90. The largest absolute Gasteiger partial charge is 0.453 e. The molecular weight excluding hydrogens is 342 g/mol. The second kappa shape index (κ2) is 6.99. The Morgan fingerprint density at radius 2 is 1.58 bits per heavy atom. The Morgan fingerprint density at radius 3 is 1.96 bits per heavy atom. The van der Waals surface area contributed by atoms with Crippen LogP contribution in [0, 0.1) is 5.92 Å². The Kier molecular flexibility index (Phi) is 6.27. The van der Waals surface area contributed by atoms with E-state index in [4.69, 9.17) is 0 Å². The van der Waals surface area contributed by atoms with Crippen LogP contribution in [-0.2, 0) is 9.47 Å². The summed E-state index contributed by atoms with van der Waals surface area (Å²) < 4.78 is 87.1. The lowest BCUT2D eigenvalue weighted by atomic mass is 9.91. The molecule has 1 aliphatic rings. The first-order valence-electron chi connectivity index (χ1n) is 7.85. The molecule has 0 aromatic carbocycles. The average molecular weight is 366 g/mol. The molecule has 0 bridgehead atoms. The molecule has 1 aliphatic heterocycles. The van der Waals surface area contributed by atoms with E-state index in [9.17, 15) is 31.4 Å². The van der Waals surface area contributed by atoms with Gasteiger partial charge in [-0.2, -0.15) is 26.3 Å². The van der Waals surface area contributed by atoms with E-state index in [1.165, 1.54) is 0 Å². The second-order valence-electron chi connectivity index (χ2n) is 6.90. The van der Waals surface area contributed by atoms with Crippen molar-refractivity contribution in [3.8, 4) is 0 Å². The van der Waals surface area contributed by atoms with Gasteiger partial charge in [0.1, 0.15) is 0 Å². The van der Waals surface area contributed by atoms with E-state index < -0.39 is 35.9 Å². The molecule has 0 aliphatic carbocycles. The SMILES string of the molecule is CCC(O)CC(C)CCC1OC(C(F)(F)F)(C(F)(F)F)OC1(C)C. The molecule has 1 saturated heterocycles. The molecule has 9 heteroatoms. The Labute approximate surface area is 137 Å². The molecule has 1 N–H and O–H groups in total. The summed E-state index contributed by atoms with van der Waals surface area (Å²) in [5, 5.41) is 9.57. The lowest BCUT2D eigenvalue weighted by Gasteiger charge is -2.32. The van der Waals surface area contributed by atoms with Gasteiger partial charge < -0.3 is 14.6 Å². The van der Waals surface area contributed by atoms with Crippen LogP contribution in [0.4, 0.5) is 26.3 Å². The summed E-state index contributed by atoms with van der Waals surface area (Å²) in [7, 11) is 0. The minimum Gasteiger partial charge on any atom is -0.393 e. The summed E-state index contributed by atoms with van der Waals surface area (Å²) in [6.45, 7) is 5.88. The number of ether oxygens (including phenoxy) is 2. The van der Waals surface area contributed by atoms with Gasteiger partial charge in [0.15, 0.2) is 0 Å². The van der Waals surface area contributed by atoms with Crippen molar-refractivity contribution in [1.82, 2.24) is 0 Å². The molecule has 1 fully saturated rings. The van der Waals surface area contributed by atoms with Crippen molar-refractivity contribution in [2.24, 2.45) is 5.92 Å². The van der Waals surface area contributed by atoms with E-state index >= 15 is 0 Å². The number of hydrogen-bond donors (Lipinski definition) is 1. The Bertz CT molecular complexity index is 404. The van der Waals surface area contributed by atoms with Crippen molar-refractivity contribution in [1.29, 1.82) is 0 Å². The van der Waals surface area contributed by atoms with Crippen LogP contribution in [0.15, 0.2) is 0 Å². The van der Waals surface area contributed by atoms with E-state index in [1.807, 2.05) is 0 Å². The minimum absolute atomic E-state index is 0.0293. The van der Waals surface area contributed by atoms with Gasteiger partial charge in [0.05, 0.1) is 17.8 Å². The highest BCUT2D eigenvalue weighted by Gasteiger charge is 2.79. The highest BCUT2D eigenvalue weighted by atomic mass is 19.4. The van der Waals surface area contributed by atoms with Crippen molar-refractivity contribution < 1.29 is 40.9 Å². The van der Waals surface area contributed by atoms with Crippen molar-refractivity contribution >= 4 is 0 Å². The molecule has 144 valence electrons. The van der Waals surface area contributed by atoms with Crippen LogP contribution in [0.25, 0.3) is 0 Å². The van der Waals surface area contributed by atoms with Crippen molar-refractivity contribution in [2.75, 3.05) is 0 Å². The zero-order chi connectivity index (χ0) is 19.0. The van der Waals surface area contributed by atoms with Crippen molar-refractivity contribution in [2.45, 2.75) is 89.3 Å². The first kappa shape index (κ1) is 21.5.